The second-order valence-electron chi connectivity index (χ2n) is 4.67. The van der Waals surface area contributed by atoms with E-state index < -0.39 is 9.84 Å². The van der Waals surface area contributed by atoms with Crippen LogP contribution >= 0.6 is 0 Å². The Hall–Kier alpha value is -1.35. The normalized spacial score (nSPS) is 16.1. The fraction of sp³-hybridized carbons (Fsp3) is 0.333. The minimum Gasteiger partial charge on any atom is -0.224 e. The Morgan fingerprint density at radius 2 is 1.94 bits per heavy atom. The summed E-state index contributed by atoms with van der Waals surface area (Å²) in [5.41, 5.74) is 3.69. The van der Waals surface area contributed by atoms with Crippen molar-refractivity contribution in [2.24, 2.45) is 0 Å². The lowest BCUT2D eigenvalue weighted by molar-refractivity contribution is 0.602. The van der Waals surface area contributed by atoms with Crippen LogP contribution in [0.15, 0.2) is 46.9 Å². The highest BCUT2D eigenvalue weighted by Gasteiger charge is 2.11. The highest BCUT2D eigenvalue weighted by molar-refractivity contribution is 7.90. The molecule has 2 rings (SSSR count). The number of hydrogen-bond acceptors (Lipinski definition) is 2. The lowest BCUT2D eigenvalue weighted by Crippen LogP contribution is -1.99. The minimum absolute atomic E-state index is 0.395. The Morgan fingerprint density at radius 3 is 2.50 bits per heavy atom. The van der Waals surface area contributed by atoms with Crippen LogP contribution in [0, 0.1) is 0 Å². The molecule has 0 N–H and O–H groups in total. The van der Waals surface area contributed by atoms with Crippen LogP contribution in [0.2, 0.25) is 0 Å². The van der Waals surface area contributed by atoms with Crippen LogP contribution in [-0.4, -0.2) is 14.7 Å². The molecule has 2 nitrogen and oxygen atoms in total. The van der Waals surface area contributed by atoms with Crippen molar-refractivity contribution >= 4 is 15.4 Å². The topological polar surface area (TPSA) is 34.1 Å². The molecule has 0 unspecified atom stereocenters. The first-order valence-electron chi connectivity index (χ1n) is 6.20. The molecule has 96 valence electrons. The molecule has 0 fully saturated rings. The van der Waals surface area contributed by atoms with E-state index in [1.54, 1.807) is 12.1 Å². The molecule has 1 aromatic carbocycles. The third-order valence-electron chi connectivity index (χ3n) is 3.32. The van der Waals surface area contributed by atoms with Crippen LogP contribution in [0.4, 0.5) is 0 Å². The zero-order valence-corrected chi connectivity index (χ0v) is 11.6. The Labute approximate surface area is 109 Å². The molecule has 18 heavy (non-hydrogen) atoms. The maximum atomic E-state index is 11.5. The van der Waals surface area contributed by atoms with Crippen LogP contribution in [-0.2, 0) is 9.84 Å². The molecule has 0 saturated carbocycles. The van der Waals surface area contributed by atoms with Crippen molar-refractivity contribution < 1.29 is 8.42 Å². The third-order valence-corrected chi connectivity index (χ3v) is 4.43. The zero-order chi connectivity index (χ0) is 13.2. The molecule has 0 aliphatic heterocycles. The van der Waals surface area contributed by atoms with Crippen molar-refractivity contribution in [3.8, 4) is 0 Å². The molecule has 1 aliphatic rings. The molecule has 1 aliphatic carbocycles. The highest BCUT2D eigenvalue weighted by Crippen LogP contribution is 2.28. The molecule has 0 heterocycles. The van der Waals surface area contributed by atoms with Gasteiger partial charge in [-0.2, -0.15) is 0 Å². The fourth-order valence-electron chi connectivity index (χ4n) is 2.14. The standard InChI is InChI=1S/C15H18O2S/c1-3-12-7-9-13(10-8-12)14-5-4-6-15(11-14)18(2,16)17/h4-7,9,11H,3,8,10H2,1-2H3. The number of rotatable bonds is 3. The molecule has 1 aromatic rings. The summed E-state index contributed by atoms with van der Waals surface area (Å²) in [5.74, 6) is 0. The summed E-state index contributed by atoms with van der Waals surface area (Å²) < 4.78 is 23.1. The second-order valence-corrected chi connectivity index (χ2v) is 6.69. The van der Waals surface area contributed by atoms with Gasteiger partial charge in [0.05, 0.1) is 4.90 Å². The van der Waals surface area contributed by atoms with Crippen LogP contribution in [0.3, 0.4) is 0 Å². The highest BCUT2D eigenvalue weighted by atomic mass is 32.2. The van der Waals surface area contributed by atoms with Crippen LogP contribution in [0.1, 0.15) is 31.7 Å². The quantitative estimate of drug-likeness (QED) is 0.834. The third kappa shape index (κ3) is 2.91. The molecule has 0 aromatic heterocycles. The first kappa shape index (κ1) is 13.1. The lowest BCUT2D eigenvalue weighted by Gasteiger charge is -2.14. The van der Waals surface area contributed by atoms with E-state index in [1.807, 2.05) is 12.1 Å². The summed E-state index contributed by atoms with van der Waals surface area (Å²) in [5, 5.41) is 0. The van der Waals surface area contributed by atoms with Gasteiger partial charge in [-0.05, 0) is 42.5 Å². The molecular formula is C15H18O2S. The fourth-order valence-corrected chi connectivity index (χ4v) is 2.81. The van der Waals surface area contributed by atoms with E-state index in [0.29, 0.717) is 4.90 Å². The van der Waals surface area contributed by atoms with Gasteiger partial charge in [0.15, 0.2) is 9.84 Å². The smallest absolute Gasteiger partial charge is 0.175 e. The summed E-state index contributed by atoms with van der Waals surface area (Å²) in [6.07, 6.45) is 8.68. The first-order valence-corrected chi connectivity index (χ1v) is 8.09. The van der Waals surface area contributed by atoms with E-state index in [-0.39, 0.29) is 0 Å². The van der Waals surface area contributed by atoms with Gasteiger partial charge >= 0.3 is 0 Å². The summed E-state index contributed by atoms with van der Waals surface area (Å²) in [6, 6.07) is 7.21. The maximum absolute atomic E-state index is 11.5. The van der Waals surface area contributed by atoms with Crippen molar-refractivity contribution in [1.29, 1.82) is 0 Å². The van der Waals surface area contributed by atoms with E-state index in [1.165, 1.54) is 17.4 Å². The van der Waals surface area contributed by atoms with Crippen molar-refractivity contribution in [1.82, 2.24) is 0 Å². The van der Waals surface area contributed by atoms with E-state index in [4.69, 9.17) is 0 Å². The number of benzene rings is 1. The number of hydrogen-bond donors (Lipinski definition) is 0. The Kier molecular flexibility index (Phi) is 3.71. The molecule has 0 amide bonds. The molecule has 0 saturated heterocycles. The molecular weight excluding hydrogens is 244 g/mol. The van der Waals surface area contributed by atoms with Gasteiger partial charge in [0.1, 0.15) is 0 Å². The summed E-state index contributed by atoms with van der Waals surface area (Å²) in [7, 11) is -3.12. The SMILES string of the molecule is CCC1=CC=C(c2cccc(S(C)(=O)=O)c2)CC1. The first-order chi connectivity index (χ1) is 8.50. The molecule has 0 bridgehead atoms. The molecule has 0 atom stereocenters. The van der Waals surface area contributed by atoms with Crippen LogP contribution < -0.4 is 0 Å². The van der Waals surface area contributed by atoms with Gasteiger partial charge in [0.2, 0.25) is 0 Å². The van der Waals surface area contributed by atoms with E-state index in [9.17, 15) is 8.42 Å². The van der Waals surface area contributed by atoms with Crippen LogP contribution in [0.5, 0.6) is 0 Å². The van der Waals surface area contributed by atoms with Crippen molar-refractivity contribution in [3.05, 3.63) is 47.6 Å². The van der Waals surface area contributed by atoms with Gasteiger partial charge in [0, 0.05) is 6.26 Å². The summed E-state index contributed by atoms with van der Waals surface area (Å²) >= 11 is 0. The predicted octanol–water partition coefficient (Wildman–Crippen LogP) is 3.60. The Bertz CT molecular complexity index is 607. The average Bonchev–Trinajstić information content (AvgIpc) is 2.38. The summed E-state index contributed by atoms with van der Waals surface area (Å²) in [4.78, 5) is 0.395. The van der Waals surface area contributed by atoms with Gasteiger partial charge < -0.3 is 0 Å². The monoisotopic (exact) mass is 262 g/mol. The minimum atomic E-state index is -3.12. The maximum Gasteiger partial charge on any atom is 0.175 e. The Morgan fingerprint density at radius 1 is 1.17 bits per heavy atom. The number of sulfone groups is 1. The van der Waals surface area contributed by atoms with E-state index in [2.05, 4.69) is 19.1 Å². The zero-order valence-electron chi connectivity index (χ0n) is 10.8. The van der Waals surface area contributed by atoms with Gasteiger partial charge in [0.25, 0.3) is 0 Å². The van der Waals surface area contributed by atoms with Gasteiger partial charge in [-0.3, -0.25) is 0 Å². The predicted molar refractivity (Wildman–Crippen MR) is 75.1 cm³/mol. The second kappa shape index (κ2) is 5.11. The van der Waals surface area contributed by atoms with Crippen molar-refractivity contribution in [3.63, 3.8) is 0 Å². The van der Waals surface area contributed by atoms with Gasteiger partial charge in [-0.1, -0.05) is 36.8 Å². The van der Waals surface area contributed by atoms with Crippen molar-refractivity contribution in [2.45, 2.75) is 31.1 Å². The molecule has 0 radical (unpaired) electrons. The summed E-state index contributed by atoms with van der Waals surface area (Å²) in [6.45, 7) is 2.16. The molecule has 0 spiro atoms. The van der Waals surface area contributed by atoms with Gasteiger partial charge in [-0.25, -0.2) is 8.42 Å². The largest absolute Gasteiger partial charge is 0.224 e. The Balaban J connectivity index is 2.36. The van der Waals surface area contributed by atoms with E-state index in [0.717, 1.165) is 24.8 Å². The van der Waals surface area contributed by atoms with Crippen LogP contribution in [0.25, 0.3) is 5.57 Å². The van der Waals surface area contributed by atoms with Gasteiger partial charge in [-0.15, -0.1) is 0 Å². The lowest BCUT2D eigenvalue weighted by atomic mass is 9.92. The van der Waals surface area contributed by atoms with E-state index >= 15 is 0 Å². The number of allylic oxidation sites excluding steroid dienone is 4. The average molecular weight is 262 g/mol. The van der Waals surface area contributed by atoms with Crippen molar-refractivity contribution in [2.75, 3.05) is 6.26 Å². The molecule has 3 heteroatoms.